The van der Waals surface area contributed by atoms with Gasteiger partial charge in [-0.2, -0.15) is 0 Å². The van der Waals surface area contributed by atoms with Crippen LogP contribution in [0.25, 0.3) is 0 Å². The Bertz CT molecular complexity index is 406. The number of unbranched alkanes of at least 4 members (excludes halogenated alkanes) is 1. The van der Waals surface area contributed by atoms with Crippen molar-refractivity contribution < 1.29 is 19.0 Å². The van der Waals surface area contributed by atoms with Gasteiger partial charge in [0.2, 0.25) is 5.75 Å². The second-order valence-corrected chi connectivity index (χ2v) is 4.08. The zero-order valence-electron chi connectivity index (χ0n) is 11.7. The highest BCUT2D eigenvalue weighted by atomic mass is 16.5. The molecule has 0 aromatic heterocycles. The maximum atomic E-state index is 12.1. The van der Waals surface area contributed by atoms with Crippen LogP contribution in [-0.2, 0) is 0 Å². The van der Waals surface area contributed by atoms with Crippen LogP contribution in [0.3, 0.4) is 0 Å². The smallest absolute Gasteiger partial charge is 0.203 e. The van der Waals surface area contributed by atoms with E-state index in [1.807, 2.05) is 0 Å². The summed E-state index contributed by atoms with van der Waals surface area (Å²) in [5.74, 6) is 1.52. The summed E-state index contributed by atoms with van der Waals surface area (Å²) in [6.07, 6.45) is 2.10. The summed E-state index contributed by atoms with van der Waals surface area (Å²) in [4.78, 5) is 12.1. The molecule has 1 aromatic rings. The molecule has 5 heteroatoms. The van der Waals surface area contributed by atoms with E-state index < -0.39 is 0 Å². The number of ether oxygens (including phenoxy) is 3. The minimum Gasteiger partial charge on any atom is -0.493 e. The maximum absolute atomic E-state index is 12.1. The number of rotatable bonds is 8. The lowest BCUT2D eigenvalue weighted by Gasteiger charge is -2.13. The fourth-order valence-corrected chi connectivity index (χ4v) is 1.82. The summed E-state index contributed by atoms with van der Waals surface area (Å²) >= 11 is 0. The van der Waals surface area contributed by atoms with E-state index in [0.29, 0.717) is 35.8 Å². The van der Waals surface area contributed by atoms with Crippen molar-refractivity contribution >= 4 is 5.78 Å². The first-order chi connectivity index (χ1) is 9.17. The number of nitrogens with two attached hydrogens (primary N) is 1. The predicted octanol–water partition coefficient (Wildman–Crippen LogP) is 2.02. The lowest BCUT2D eigenvalue weighted by molar-refractivity contribution is 0.0979. The van der Waals surface area contributed by atoms with Gasteiger partial charge in [0.05, 0.1) is 21.3 Å². The number of ketones is 1. The summed E-state index contributed by atoms with van der Waals surface area (Å²) < 4.78 is 15.6. The van der Waals surface area contributed by atoms with E-state index in [1.165, 1.54) is 21.3 Å². The van der Waals surface area contributed by atoms with Gasteiger partial charge in [-0.1, -0.05) is 0 Å². The van der Waals surface area contributed by atoms with Crippen molar-refractivity contribution in [2.24, 2.45) is 5.73 Å². The third-order valence-electron chi connectivity index (χ3n) is 2.84. The molecule has 0 saturated carbocycles. The SMILES string of the molecule is COc1cc(C(=O)CCCCN)cc(OC)c1OC. The maximum Gasteiger partial charge on any atom is 0.203 e. The van der Waals surface area contributed by atoms with Gasteiger partial charge in [-0.15, -0.1) is 0 Å². The Morgan fingerprint density at radius 3 is 2.05 bits per heavy atom. The van der Waals surface area contributed by atoms with Crippen LogP contribution in [0.1, 0.15) is 29.6 Å². The highest BCUT2D eigenvalue weighted by Crippen LogP contribution is 2.38. The first kappa shape index (κ1) is 15.3. The quantitative estimate of drug-likeness (QED) is 0.576. The first-order valence-corrected chi connectivity index (χ1v) is 6.21. The van der Waals surface area contributed by atoms with Gasteiger partial charge in [0.1, 0.15) is 0 Å². The van der Waals surface area contributed by atoms with Crippen molar-refractivity contribution in [1.82, 2.24) is 0 Å². The van der Waals surface area contributed by atoms with E-state index in [4.69, 9.17) is 19.9 Å². The number of carbonyl (C=O) groups excluding carboxylic acids is 1. The molecule has 0 fully saturated rings. The van der Waals surface area contributed by atoms with Crippen LogP contribution in [0.4, 0.5) is 0 Å². The molecule has 1 rings (SSSR count). The second-order valence-electron chi connectivity index (χ2n) is 4.08. The van der Waals surface area contributed by atoms with E-state index in [1.54, 1.807) is 12.1 Å². The molecule has 0 aliphatic rings. The molecule has 0 atom stereocenters. The molecule has 106 valence electrons. The highest BCUT2D eigenvalue weighted by Gasteiger charge is 2.16. The molecule has 0 spiro atoms. The molecule has 0 heterocycles. The molecule has 1 aromatic carbocycles. The van der Waals surface area contributed by atoms with Crippen LogP contribution in [0.2, 0.25) is 0 Å². The molecule has 0 aliphatic heterocycles. The van der Waals surface area contributed by atoms with Crippen LogP contribution in [0.5, 0.6) is 17.2 Å². The fourth-order valence-electron chi connectivity index (χ4n) is 1.82. The number of hydrogen-bond donors (Lipinski definition) is 1. The molecule has 0 saturated heterocycles. The molecule has 0 bridgehead atoms. The molecule has 0 amide bonds. The zero-order valence-corrected chi connectivity index (χ0v) is 11.7. The molecule has 5 nitrogen and oxygen atoms in total. The van der Waals surface area contributed by atoms with Gasteiger partial charge >= 0.3 is 0 Å². The Hall–Kier alpha value is -1.75. The van der Waals surface area contributed by atoms with Gasteiger partial charge in [0.25, 0.3) is 0 Å². The molecule has 0 aliphatic carbocycles. The minimum absolute atomic E-state index is 0.0488. The Balaban J connectivity index is 2.98. The van der Waals surface area contributed by atoms with Gasteiger partial charge in [0, 0.05) is 12.0 Å². The summed E-state index contributed by atoms with van der Waals surface area (Å²) in [7, 11) is 4.59. The van der Waals surface area contributed by atoms with Gasteiger partial charge in [0.15, 0.2) is 17.3 Å². The fraction of sp³-hybridized carbons (Fsp3) is 0.500. The third kappa shape index (κ3) is 3.86. The molecular formula is C14H21NO4. The van der Waals surface area contributed by atoms with E-state index >= 15 is 0 Å². The predicted molar refractivity (Wildman–Crippen MR) is 73.3 cm³/mol. The lowest BCUT2D eigenvalue weighted by Crippen LogP contribution is -2.04. The Labute approximate surface area is 113 Å². The number of methoxy groups -OCH3 is 3. The van der Waals surface area contributed by atoms with Crippen molar-refractivity contribution in [3.05, 3.63) is 17.7 Å². The molecule has 2 N–H and O–H groups in total. The van der Waals surface area contributed by atoms with Crippen molar-refractivity contribution in [1.29, 1.82) is 0 Å². The second kappa shape index (κ2) is 7.63. The molecule has 0 unspecified atom stereocenters. The third-order valence-corrected chi connectivity index (χ3v) is 2.84. The van der Waals surface area contributed by atoms with Crippen LogP contribution < -0.4 is 19.9 Å². The van der Waals surface area contributed by atoms with Crippen LogP contribution in [0.15, 0.2) is 12.1 Å². The van der Waals surface area contributed by atoms with Crippen LogP contribution >= 0.6 is 0 Å². The minimum atomic E-state index is 0.0488. The van der Waals surface area contributed by atoms with Gasteiger partial charge in [-0.05, 0) is 31.5 Å². The topological polar surface area (TPSA) is 70.8 Å². The highest BCUT2D eigenvalue weighted by molar-refractivity contribution is 5.97. The van der Waals surface area contributed by atoms with Gasteiger partial charge in [-0.25, -0.2) is 0 Å². The summed E-state index contributed by atoms with van der Waals surface area (Å²) in [6.45, 7) is 0.600. The summed E-state index contributed by atoms with van der Waals surface area (Å²) in [6, 6.07) is 3.35. The van der Waals surface area contributed by atoms with Crippen molar-refractivity contribution in [3.8, 4) is 17.2 Å². The van der Waals surface area contributed by atoms with Crippen LogP contribution in [-0.4, -0.2) is 33.7 Å². The van der Waals surface area contributed by atoms with Crippen LogP contribution in [0, 0.1) is 0 Å². The van der Waals surface area contributed by atoms with Gasteiger partial charge < -0.3 is 19.9 Å². The van der Waals surface area contributed by atoms with Crippen molar-refractivity contribution in [2.75, 3.05) is 27.9 Å². The standard InChI is InChI=1S/C14H21NO4/c1-17-12-8-10(11(16)6-4-5-7-15)9-13(18-2)14(12)19-3/h8-9H,4-7,15H2,1-3H3. The average Bonchev–Trinajstić information content (AvgIpc) is 2.45. The molecule has 0 radical (unpaired) electrons. The van der Waals surface area contributed by atoms with E-state index in [0.717, 1.165) is 12.8 Å². The number of benzene rings is 1. The van der Waals surface area contributed by atoms with Gasteiger partial charge in [-0.3, -0.25) is 4.79 Å². The van der Waals surface area contributed by atoms with Crippen molar-refractivity contribution in [3.63, 3.8) is 0 Å². The number of hydrogen-bond acceptors (Lipinski definition) is 5. The van der Waals surface area contributed by atoms with E-state index in [9.17, 15) is 4.79 Å². The zero-order chi connectivity index (χ0) is 14.3. The van der Waals surface area contributed by atoms with E-state index in [2.05, 4.69) is 0 Å². The monoisotopic (exact) mass is 267 g/mol. The number of Topliss-reactive ketones (excluding diaryl/α,β-unsaturated/α-hetero) is 1. The molecular weight excluding hydrogens is 246 g/mol. The number of carbonyl (C=O) groups is 1. The molecule has 19 heavy (non-hydrogen) atoms. The Kier molecular flexibility index (Phi) is 6.15. The normalized spacial score (nSPS) is 10.1. The average molecular weight is 267 g/mol. The van der Waals surface area contributed by atoms with E-state index in [-0.39, 0.29) is 5.78 Å². The Morgan fingerprint density at radius 1 is 1.05 bits per heavy atom. The largest absolute Gasteiger partial charge is 0.493 e. The van der Waals surface area contributed by atoms with Crippen molar-refractivity contribution in [2.45, 2.75) is 19.3 Å². The lowest BCUT2D eigenvalue weighted by atomic mass is 10.0. The first-order valence-electron chi connectivity index (χ1n) is 6.21. The Morgan fingerprint density at radius 2 is 1.63 bits per heavy atom. The summed E-state index contributed by atoms with van der Waals surface area (Å²) in [5, 5.41) is 0. The summed E-state index contributed by atoms with van der Waals surface area (Å²) in [5.41, 5.74) is 5.98.